The number of nitrogens with two attached hydrogens (primary N) is 1. The molecule has 2 aliphatic rings. The Labute approximate surface area is 186 Å². The molecule has 9 nitrogen and oxygen atoms in total. The maximum absolute atomic E-state index is 13.0. The summed E-state index contributed by atoms with van der Waals surface area (Å²) >= 11 is 0. The Morgan fingerprint density at radius 3 is 2.58 bits per heavy atom. The fraction of sp³-hybridized carbons (Fsp3) is 0.550. The van der Waals surface area contributed by atoms with Crippen LogP contribution in [-0.4, -0.2) is 74.5 Å². The molecule has 0 bridgehead atoms. The first-order valence-corrected chi connectivity index (χ1v) is 10.2. The van der Waals surface area contributed by atoms with Crippen molar-refractivity contribution in [1.29, 1.82) is 0 Å². The van der Waals surface area contributed by atoms with Gasteiger partial charge in [-0.15, -0.1) is 0 Å². The van der Waals surface area contributed by atoms with Crippen LogP contribution in [0.1, 0.15) is 12.8 Å². The van der Waals surface area contributed by atoms with Gasteiger partial charge in [-0.1, -0.05) is 0 Å². The summed E-state index contributed by atoms with van der Waals surface area (Å²) in [6.45, 7) is -3.87. The minimum Gasteiger partial charge on any atom is -0.433 e. The molecule has 0 unspecified atom stereocenters. The first-order valence-electron chi connectivity index (χ1n) is 10.2. The lowest BCUT2D eigenvalue weighted by Gasteiger charge is -2.29. The molecule has 0 radical (unpaired) electrons. The number of carbonyl (C=O) groups excluding carboxylic acids is 3. The van der Waals surface area contributed by atoms with Gasteiger partial charge in [-0.2, -0.15) is 8.78 Å². The third-order valence-corrected chi connectivity index (χ3v) is 5.17. The molecule has 1 aliphatic heterocycles. The van der Waals surface area contributed by atoms with Crippen molar-refractivity contribution in [2.45, 2.75) is 31.9 Å². The molecule has 1 saturated carbocycles. The van der Waals surface area contributed by atoms with Gasteiger partial charge in [-0.25, -0.2) is 8.78 Å². The van der Waals surface area contributed by atoms with Crippen molar-refractivity contribution in [1.82, 2.24) is 4.90 Å². The molecule has 2 fully saturated rings. The summed E-state index contributed by atoms with van der Waals surface area (Å²) in [5.41, 5.74) is 5.33. The average Bonchev–Trinajstić information content (AvgIpc) is 3.52. The molecule has 3 rings (SSSR count). The van der Waals surface area contributed by atoms with Crippen molar-refractivity contribution in [3.05, 3.63) is 18.2 Å². The average molecular weight is 476 g/mol. The van der Waals surface area contributed by atoms with Crippen LogP contribution in [0, 0.1) is 5.92 Å². The van der Waals surface area contributed by atoms with Crippen LogP contribution in [0.4, 0.5) is 28.9 Å². The third-order valence-electron chi connectivity index (χ3n) is 5.17. The van der Waals surface area contributed by atoms with Gasteiger partial charge in [-0.05, 0) is 30.9 Å². The molecule has 3 amide bonds. The largest absolute Gasteiger partial charge is 0.433 e. The van der Waals surface area contributed by atoms with Gasteiger partial charge in [-0.3, -0.25) is 19.3 Å². The Hall–Kier alpha value is -2.93. The molecular formula is C20H24F4N4O5. The summed E-state index contributed by atoms with van der Waals surface area (Å²) in [6.07, 6.45) is -1.21. The number of rotatable bonds is 11. The highest BCUT2D eigenvalue weighted by atomic mass is 19.3. The molecule has 13 heteroatoms. The molecule has 0 spiro atoms. The van der Waals surface area contributed by atoms with E-state index in [1.807, 2.05) is 0 Å². The highest BCUT2D eigenvalue weighted by molar-refractivity contribution is 6.09. The predicted octanol–water partition coefficient (Wildman–Crippen LogP) is 1.42. The summed E-state index contributed by atoms with van der Waals surface area (Å²) in [6, 6.07) is 1.97. The van der Waals surface area contributed by atoms with Crippen molar-refractivity contribution in [3.63, 3.8) is 0 Å². The second kappa shape index (κ2) is 10.8. The fourth-order valence-corrected chi connectivity index (χ4v) is 3.56. The Bertz CT molecular complexity index is 880. The molecule has 33 heavy (non-hydrogen) atoms. The number of hydrogen-bond acceptors (Lipinski definition) is 6. The maximum Gasteiger partial charge on any atom is 0.387 e. The number of halogens is 4. The predicted molar refractivity (Wildman–Crippen MR) is 108 cm³/mol. The Kier molecular flexibility index (Phi) is 8.08. The summed E-state index contributed by atoms with van der Waals surface area (Å²) < 4.78 is 61.6. The molecule has 1 aromatic rings. The van der Waals surface area contributed by atoms with Crippen LogP contribution in [0.3, 0.4) is 0 Å². The van der Waals surface area contributed by atoms with Crippen molar-refractivity contribution in [3.8, 4) is 5.75 Å². The monoisotopic (exact) mass is 476 g/mol. The van der Waals surface area contributed by atoms with E-state index in [0.717, 1.165) is 23.8 Å². The molecule has 1 aromatic carbocycles. The fourth-order valence-electron chi connectivity index (χ4n) is 3.56. The van der Waals surface area contributed by atoms with Gasteiger partial charge in [0.05, 0.1) is 18.8 Å². The van der Waals surface area contributed by atoms with Crippen LogP contribution in [-0.2, 0) is 19.1 Å². The molecule has 3 N–H and O–H groups in total. The summed E-state index contributed by atoms with van der Waals surface area (Å²) in [5.74, 6) is -2.87. The van der Waals surface area contributed by atoms with Crippen molar-refractivity contribution in [2.75, 3.05) is 43.1 Å². The van der Waals surface area contributed by atoms with Gasteiger partial charge in [0, 0.05) is 24.8 Å². The lowest BCUT2D eigenvalue weighted by Crippen LogP contribution is -2.54. The number of ether oxygens (including phenoxy) is 2. The Morgan fingerprint density at radius 1 is 1.27 bits per heavy atom. The van der Waals surface area contributed by atoms with E-state index in [2.05, 4.69) is 10.1 Å². The number of carbonyl (C=O) groups is 3. The highest BCUT2D eigenvalue weighted by Gasteiger charge is 2.37. The van der Waals surface area contributed by atoms with Crippen LogP contribution in [0.5, 0.6) is 5.75 Å². The quantitative estimate of drug-likeness (QED) is 0.369. The minimum absolute atomic E-state index is 0.0427. The molecule has 1 saturated heterocycles. The van der Waals surface area contributed by atoms with Crippen LogP contribution < -0.4 is 20.7 Å². The van der Waals surface area contributed by atoms with Gasteiger partial charge >= 0.3 is 6.61 Å². The third kappa shape index (κ3) is 6.78. The van der Waals surface area contributed by atoms with Crippen LogP contribution >= 0.6 is 0 Å². The Balaban J connectivity index is 1.82. The first kappa shape index (κ1) is 24.7. The van der Waals surface area contributed by atoms with Crippen molar-refractivity contribution in [2.24, 2.45) is 11.7 Å². The number of benzene rings is 1. The van der Waals surface area contributed by atoms with E-state index in [4.69, 9.17) is 10.5 Å². The highest BCUT2D eigenvalue weighted by Crippen LogP contribution is 2.34. The minimum atomic E-state index is -3.22. The van der Waals surface area contributed by atoms with Gasteiger partial charge in [0.2, 0.25) is 5.91 Å². The van der Waals surface area contributed by atoms with Gasteiger partial charge in [0.1, 0.15) is 6.61 Å². The molecule has 1 atom stereocenters. The van der Waals surface area contributed by atoms with Crippen LogP contribution in [0.2, 0.25) is 0 Å². The van der Waals surface area contributed by atoms with E-state index >= 15 is 0 Å². The number of anilines is 2. The first-order chi connectivity index (χ1) is 15.7. The molecular weight excluding hydrogens is 452 g/mol. The van der Waals surface area contributed by atoms with Crippen LogP contribution in [0.25, 0.3) is 0 Å². The van der Waals surface area contributed by atoms with Crippen LogP contribution in [0.15, 0.2) is 18.2 Å². The lowest BCUT2D eigenvalue weighted by molar-refractivity contribution is -0.133. The number of primary amides is 1. The molecule has 182 valence electrons. The number of hydrogen-bond donors (Lipinski definition) is 2. The van der Waals surface area contributed by atoms with Crippen molar-refractivity contribution < 1.29 is 41.4 Å². The smallest absolute Gasteiger partial charge is 0.387 e. The van der Waals surface area contributed by atoms with Gasteiger partial charge in [0.15, 0.2) is 11.8 Å². The van der Waals surface area contributed by atoms with Crippen molar-refractivity contribution >= 4 is 29.1 Å². The summed E-state index contributed by atoms with van der Waals surface area (Å²) in [5, 5.41) is 2.35. The topological polar surface area (TPSA) is 114 Å². The maximum atomic E-state index is 13.0. The van der Waals surface area contributed by atoms with E-state index in [1.54, 1.807) is 0 Å². The van der Waals surface area contributed by atoms with Gasteiger partial charge in [0.25, 0.3) is 18.2 Å². The zero-order chi connectivity index (χ0) is 24.1. The summed E-state index contributed by atoms with van der Waals surface area (Å²) in [4.78, 5) is 39.1. The lowest BCUT2D eigenvalue weighted by atomic mass is 10.1. The standard InChI is InChI=1S/C20H24F4N4O5/c21-15(22)9-27(8-11-1-2-11)17(18(25)30)19(31)26-12-3-4-13(14(7-12)33-20(23)24)28-5-6-32-10-16(28)29/h3-4,7,11,15,17,20H,1-2,5-6,8-10H2,(H2,25,30)(H,26,31)/t17-/m0/s1. The van der Waals surface area contributed by atoms with E-state index < -0.39 is 49.1 Å². The number of alkyl halides is 4. The Morgan fingerprint density at radius 2 is 2.00 bits per heavy atom. The zero-order valence-corrected chi connectivity index (χ0v) is 17.5. The van der Waals surface area contributed by atoms with E-state index in [0.29, 0.717) is 0 Å². The zero-order valence-electron chi connectivity index (χ0n) is 17.5. The summed E-state index contributed by atoms with van der Waals surface area (Å²) in [7, 11) is 0. The second-order valence-electron chi connectivity index (χ2n) is 7.74. The van der Waals surface area contributed by atoms with E-state index in [-0.39, 0.29) is 43.6 Å². The van der Waals surface area contributed by atoms with Gasteiger partial charge < -0.3 is 25.4 Å². The number of amides is 3. The number of nitrogens with one attached hydrogen (secondary N) is 1. The second-order valence-corrected chi connectivity index (χ2v) is 7.74. The SMILES string of the molecule is NC(=O)[C@@H](C(=O)Nc1ccc(N2CCOCC2=O)c(OC(F)F)c1)N(CC(F)F)CC1CC1. The van der Waals surface area contributed by atoms with E-state index in [1.165, 1.54) is 17.0 Å². The molecule has 0 aromatic heterocycles. The molecule has 1 aliphatic carbocycles. The number of nitrogens with zero attached hydrogens (tertiary/aromatic N) is 2. The number of morpholine rings is 1. The normalized spacial score (nSPS) is 17.5. The molecule has 1 heterocycles. The van der Waals surface area contributed by atoms with E-state index in [9.17, 15) is 31.9 Å².